The van der Waals surface area contributed by atoms with Gasteiger partial charge in [-0.15, -0.1) is 0 Å². The summed E-state index contributed by atoms with van der Waals surface area (Å²) >= 11 is 0. The highest BCUT2D eigenvalue weighted by atomic mass is 32.2. The van der Waals surface area contributed by atoms with E-state index in [9.17, 15) is 8.42 Å². The summed E-state index contributed by atoms with van der Waals surface area (Å²) < 4.78 is 26.2. The number of aryl methyl sites for hydroxylation is 1. The molecule has 5 heteroatoms. The second-order valence-corrected chi connectivity index (χ2v) is 7.57. The number of rotatable bonds is 8. The van der Waals surface area contributed by atoms with E-state index in [4.69, 9.17) is 0 Å². The van der Waals surface area contributed by atoms with Gasteiger partial charge in [-0.3, -0.25) is 0 Å². The first-order valence-corrected chi connectivity index (χ1v) is 9.13. The Kier molecular flexibility index (Phi) is 6.68. The van der Waals surface area contributed by atoms with Crippen molar-refractivity contribution in [3.8, 4) is 0 Å². The smallest absolute Gasteiger partial charge is 0.240 e. The van der Waals surface area contributed by atoms with Crippen LogP contribution in [-0.2, 0) is 10.0 Å². The van der Waals surface area contributed by atoms with Crippen molar-refractivity contribution in [2.75, 3.05) is 12.4 Å². The minimum absolute atomic E-state index is 0.302. The molecule has 1 rings (SSSR count). The normalized spacial score (nSPS) is 14.7. The molecule has 120 valence electrons. The van der Waals surface area contributed by atoms with Crippen molar-refractivity contribution < 1.29 is 8.42 Å². The second-order valence-electron chi connectivity index (χ2n) is 5.68. The lowest BCUT2D eigenvalue weighted by molar-refractivity contribution is 0.461. The van der Waals surface area contributed by atoms with E-state index >= 15 is 0 Å². The maximum absolute atomic E-state index is 11.9. The highest BCUT2D eigenvalue weighted by Gasteiger charge is 2.15. The van der Waals surface area contributed by atoms with Gasteiger partial charge in [0.25, 0.3) is 0 Å². The molecule has 1 aromatic carbocycles. The average molecular weight is 312 g/mol. The molecule has 2 N–H and O–H groups in total. The molecule has 2 unspecified atom stereocenters. The van der Waals surface area contributed by atoms with Crippen molar-refractivity contribution in [1.82, 2.24) is 4.72 Å². The van der Waals surface area contributed by atoms with Crippen LogP contribution in [0.4, 0.5) is 5.69 Å². The first-order valence-electron chi connectivity index (χ1n) is 7.64. The van der Waals surface area contributed by atoms with Crippen molar-refractivity contribution >= 4 is 15.7 Å². The molecular weight excluding hydrogens is 284 g/mol. The Morgan fingerprint density at radius 3 is 2.38 bits per heavy atom. The zero-order valence-corrected chi connectivity index (χ0v) is 14.5. The maximum Gasteiger partial charge on any atom is 0.240 e. The summed E-state index contributed by atoms with van der Waals surface area (Å²) in [7, 11) is -1.97. The average Bonchev–Trinajstić information content (AvgIpc) is 2.48. The van der Waals surface area contributed by atoms with Gasteiger partial charge < -0.3 is 5.32 Å². The Bertz CT molecular complexity index is 555. The molecular formula is C16H28N2O2S. The van der Waals surface area contributed by atoms with E-state index in [0.29, 0.717) is 16.9 Å². The third kappa shape index (κ3) is 5.00. The lowest BCUT2D eigenvalue weighted by Crippen LogP contribution is -2.23. The van der Waals surface area contributed by atoms with Gasteiger partial charge in [0.05, 0.1) is 4.90 Å². The minimum Gasteiger partial charge on any atom is -0.382 e. The van der Waals surface area contributed by atoms with Gasteiger partial charge in [-0.1, -0.05) is 33.3 Å². The quantitative estimate of drug-likeness (QED) is 0.772. The topological polar surface area (TPSA) is 58.2 Å². The summed E-state index contributed by atoms with van der Waals surface area (Å²) in [6, 6.07) is 5.58. The van der Waals surface area contributed by atoms with Crippen LogP contribution in [0.1, 0.15) is 45.6 Å². The van der Waals surface area contributed by atoms with E-state index in [1.165, 1.54) is 7.05 Å². The van der Waals surface area contributed by atoms with Crippen LogP contribution in [0.3, 0.4) is 0 Å². The molecule has 0 fully saturated rings. The summed E-state index contributed by atoms with van der Waals surface area (Å²) in [5, 5.41) is 3.51. The van der Waals surface area contributed by atoms with Crippen LogP contribution in [0.15, 0.2) is 23.1 Å². The predicted molar refractivity (Wildman–Crippen MR) is 89.2 cm³/mol. The fourth-order valence-corrected chi connectivity index (χ4v) is 3.00. The van der Waals surface area contributed by atoms with Crippen LogP contribution in [0.25, 0.3) is 0 Å². The number of hydrogen-bond donors (Lipinski definition) is 2. The standard InChI is InChI=1S/C16H28N2O2S/c1-6-12(3)10-14(7-2)18-16-11-15(9-8-13(16)4)21(19,20)17-5/h8-9,11-12,14,17-18H,6-7,10H2,1-5H3. The summed E-state index contributed by atoms with van der Waals surface area (Å²) in [6.07, 6.45) is 3.27. The minimum atomic E-state index is -3.40. The largest absolute Gasteiger partial charge is 0.382 e. The third-order valence-corrected chi connectivity index (χ3v) is 5.44. The first kappa shape index (κ1) is 18.0. The zero-order chi connectivity index (χ0) is 16.0. The molecule has 0 radical (unpaired) electrons. The van der Waals surface area contributed by atoms with Gasteiger partial charge in [0.1, 0.15) is 0 Å². The van der Waals surface area contributed by atoms with Crippen LogP contribution in [0.5, 0.6) is 0 Å². The van der Waals surface area contributed by atoms with Crippen molar-refractivity contribution in [3.05, 3.63) is 23.8 Å². The molecule has 21 heavy (non-hydrogen) atoms. The van der Waals surface area contributed by atoms with Crippen molar-refractivity contribution in [1.29, 1.82) is 0 Å². The Hall–Kier alpha value is -1.07. The Balaban J connectivity index is 2.99. The Morgan fingerprint density at radius 1 is 1.19 bits per heavy atom. The van der Waals surface area contributed by atoms with Gasteiger partial charge in [-0.2, -0.15) is 0 Å². The number of nitrogens with one attached hydrogen (secondary N) is 2. The molecule has 0 aliphatic rings. The molecule has 0 amide bonds. The van der Waals surface area contributed by atoms with E-state index in [1.54, 1.807) is 12.1 Å². The molecule has 0 aliphatic heterocycles. The molecule has 0 spiro atoms. The van der Waals surface area contributed by atoms with Gasteiger partial charge >= 0.3 is 0 Å². The Labute approximate surface area is 129 Å². The molecule has 0 aliphatic carbocycles. The van der Waals surface area contributed by atoms with Crippen molar-refractivity contribution in [3.63, 3.8) is 0 Å². The number of sulfonamides is 1. The van der Waals surface area contributed by atoms with Gasteiger partial charge in [0.15, 0.2) is 0 Å². The maximum atomic E-state index is 11.9. The van der Waals surface area contributed by atoms with Gasteiger partial charge in [-0.05, 0) is 50.4 Å². The molecule has 0 bridgehead atoms. The van der Waals surface area contributed by atoms with Crippen LogP contribution in [0, 0.1) is 12.8 Å². The monoisotopic (exact) mass is 312 g/mol. The molecule has 4 nitrogen and oxygen atoms in total. The summed E-state index contributed by atoms with van der Waals surface area (Å²) in [5.41, 5.74) is 1.97. The second kappa shape index (κ2) is 7.80. The lowest BCUT2D eigenvalue weighted by Gasteiger charge is -2.23. The van der Waals surface area contributed by atoms with Crippen molar-refractivity contribution in [2.45, 2.75) is 57.9 Å². The number of hydrogen-bond acceptors (Lipinski definition) is 3. The van der Waals surface area contributed by atoms with Crippen molar-refractivity contribution in [2.24, 2.45) is 5.92 Å². The molecule has 0 saturated carbocycles. The molecule has 1 aromatic rings. The van der Waals surface area contributed by atoms with E-state index in [2.05, 4.69) is 30.8 Å². The molecule has 0 saturated heterocycles. The fourth-order valence-electron chi connectivity index (χ4n) is 2.24. The lowest BCUT2D eigenvalue weighted by atomic mass is 9.97. The van der Waals surface area contributed by atoms with Crippen LogP contribution in [-0.4, -0.2) is 21.5 Å². The highest BCUT2D eigenvalue weighted by molar-refractivity contribution is 7.89. The summed E-state index contributed by atoms with van der Waals surface area (Å²) in [4.78, 5) is 0.302. The molecule has 0 heterocycles. The summed E-state index contributed by atoms with van der Waals surface area (Å²) in [5.74, 6) is 0.659. The van der Waals surface area contributed by atoms with E-state index < -0.39 is 10.0 Å². The van der Waals surface area contributed by atoms with Gasteiger partial charge in [0, 0.05) is 11.7 Å². The molecule has 0 aromatic heterocycles. The predicted octanol–water partition coefficient (Wildman–Crippen LogP) is 3.53. The first-order chi connectivity index (χ1) is 9.83. The van der Waals surface area contributed by atoms with E-state index in [1.807, 2.05) is 13.0 Å². The third-order valence-electron chi connectivity index (χ3n) is 4.02. The Morgan fingerprint density at radius 2 is 1.86 bits per heavy atom. The zero-order valence-electron chi connectivity index (χ0n) is 13.7. The van der Waals surface area contributed by atoms with Gasteiger partial charge in [0.2, 0.25) is 10.0 Å². The highest BCUT2D eigenvalue weighted by Crippen LogP contribution is 2.23. The number of anilines is 1. The van der Waals surface area contributed by atoms with E-state index in [0.717, 1.165) is 30.5 Å². The van der Waals surface area contributed by atoms with Crippen LogP contribution in [0.2, 0.25) is 0 Å². The fraction of sp³-hybridized carbons (Fsp3) is 0.625. The van der Waals surface area contributed by atoms with E-state index in [-0.39, 0.29) is 0 Å². The van der Waals surface area contributed by atoms with Gasteiger partial charge in [-0.25, -0.2) is 13.1 Å². The number of benzene rings is 1. The van der Waals surface area contributed by atoms with Crippen LogP contribution < -0.4 is 10.0 Å². The van der Waals surface area contributed by atoms with Crippen LogP contribution >= 0.6 is 0 Å². The SMILES string of the molecule is CCC(C)CC(CC)Nc1cc(S(=O)(=O)NC)ccc1C. The summed E-state index contributed by atoms with van der Waals surface area (Å²) in [6.45, 7) is 8.60. The molecule has 2 atom stereocenters.